The highest BCUT2D eigenvalue weighted by Gasteiger charge is 2.36. The molecule has 3 rings (SSSR count). The number of ether oxygens (including phenoxy) is 2. The number of benzene rings is 1. The Hall–Kier alpha value is -2.16. The van der Waals surface area contributed by atoms with Gasteiger partial charge in [0.1, 0.15) is 17.9 Å². The van der Waals surface area contributed by atoms with Crippen molar-refractivity contribution < 1.29 is 22.6 Å². The molecule has 0 N–H and O–H groups in total. The minimum atomic E-state index is -4.48. The molecule has 130 valence electrons. The number of hydrogen-bond acceptors (Lipinski definition) is 5. The number of rotatable bonds is 4. The monoisotopic (exact) mass is 342 g/mol. The first kappa shape index (κ1) is 16.7. The van der Waals surface area contributed by atoms with Crippen molar-refractivity contribution in [3.05, 3.63) is 35.2 Å². The second-order valence-corrected chi connectivity index (χ2v) is 5.62. The van der Waals surface area contributed by atoms with Gasteiger partial charge in [0, 0.05) is 13.2 Å². The van der Waals surface area contributed by atoms with Crippen LogP contribution in [0.1, 0.15) is 35.8 Å². The van der Waals surface area contributed by atoms with E-state index >= 15 is 0 Å². The lowest BCUT2D eigenvalue weighted by atomic mass is 10.1. The van der Waals surface area contributed by atoms with Crippen molar-refractivity contribution in [2.75, 3.05) is 13.2 Å². The van der Waals surface area contributed by atoms with Crippen molar-refractivity contribution in [3.63, 3.8) is 0 Å². The average molecular weight is 342 g/mol. The number of alkyl halides is 3. The summed E-state index contributed by atoms with van der Waals surface area (Å²) in [6.45, 7) is 2.50. The molecule has 0 aliphatic carbocycles. The van der Waals surface area contributed by atoms with E-state index < -0.39 is 11.7 Å². The number of nitrogens with zero attached hydrogens (tertiary/aromatic N) is 4. The van der Waals surface area contributed by atoms with Crippen molar-refractivity contribution in [2.45, 2.75) is 38.6 Å². The van der Waals surface area contributed by atoms with E-state index in [0.29, 0.717) is 19.0 Å². The lowest BCUT2D eigenvalue weighted by Crippen LogP contribution is -2.23. The molecule has 2 aromatic rings. The molecule has 1 aromatic heterocycles. The summed E-state index contributed by atoms with van der Waals surface area (Å²) in [6, 6.07) is 4.31. The van der Waals surface area contributed by atoms with Crippen LogP contribution in [0.2, 0.25) is 0 Å². The normalized spacial score (nSPS) is 16.3. The Bertz CT molecular complexity index is 696. The molecule has 0 unspecified atom stereocenters. The zero-order valence-corrected chi connectivity index (χ0v) is 13.1. The summed E-state index contributed by atoms with van der Waals surface area (Å²) < 4.78 is 51.9. The molecule has 1 aromatic carbocycles. The summed E-state index contributed by atoms with van der Waals surface area (Å²) >= 11 is 0. The molecule has 0 spiro atoms. The zero-order valence-electron chi connectivity index (χ0n) is 13.1. The maximum absolute atomic E-state index is 13.2. The molecule has 6 nitrogen and oxygen atoms in total. The van der Waals surface area contributed by atoms with Crippen molar-refractivity contribution in [3.8, 4) is 5.75 Å². The predicted molar refractivity (Wildman–Crippen MR) is 77.4 cm³/mol. The number of aryl methyl sites for hydroxylation is 1. The third-order valence-corrected chi connectivity index (χ3v) is 3.97. The fourth-order valence-corrected chi connectivity index (χ4v) is 2.79. The summed E-state index contributed by atoms with van der Waals surface area (Å²) in [5.41, 5.74) is -0.654. The third kappa shape index (κ3) is 3.50. The van der Waals surface area contributed by atoms with Crippen LogP contribution in [0.25, 0.3) is 0 Å². The van der Waals surface area contributed by atoms with Crippen LogP contribution in [-0.4, -0.2) is 33.4 Å². The summed E-state index contributed by atoms with van der Waals surface area (Å²) in [5.74, 6) is 0.181. The van der Waals surface area contributed by atoms with Crippen LogP contribution < -0.4 is 4.74 Å². The van der Waals surface area contributed by atoms with Gasteiger partial charge in [0.25, 0.3) is 0 Å². The Labute approximate surface area is 136 Å². The first-order chi connectivity index (χ1) is 11.5. The Morgan fingerprint density at radius 2 is 2.04 bits per heavy atom. The Kier molecular flexibility index (Phi) is 4.70. The van der Waals surface area contributed by atoms with Gasteiger partial charge in [-0.1, -0.05) is 12.1 Å². The van der Waals surface area contributed by atoms with Gasteiger partial charge in [0.15, 0.2) is 5.82 Å². The first-order valence-electron chi connectivity index (χ1n) is 7.61. The van der Waals surface area contributed by atoms with Crippen LogP contribution in [0.5, 0.6) is 5.75 Å². The van der Waals surface area contributed by atoms with Crippen molar-refractivity contribution in [2.24, 2.45) is 0 Å². The molecule has 24 heavy (non-hydrogen) atoms. The Morgan fingerprint density at radius 1 is 1.29 bits per heavy atom. The Balaban J connectivity index is 1.78. The summed E-state index contributed by atoms with van der Waals surface area (Å²) in [6.07, 6.45) is -2.96. The van der Waals surface area contributed by atoms with Gasteiger partial charge in [-0.3, -0.25) is 0 Å². The molecule has 9 heteroatoms. The van der Waals surface area contributed by atoms with E-state index in [9.17, 15) is 13.2 Å². The summed E-state index contributed by atoms with van der Waals surface area (Å²) in [7, 11) is 0. The maximum Gasteiger partial charge on any atom is 0.420 e. The molecular formula is C15H17F3N4O2. The number of hydrogen-bond donors (Lipinski definition) is 0. The molecule has 2 heterocycles. The smallest absolute Gasteiger partial charge is 0.420 e. The lowest BCUT2D eigenvalue weighted by Gasteiger charge is -2.23. The summed E-state index contributed by atoms with van der Waals surface area (Å²) in [4.78, 5) is 0. The number of halogens is 3. The second-order valence-electron chi connectivity index (χ2n) is 5.62. The Morgan fingerprint density at radius 3 is 2.75 bits per heavy atom. The fourth-order valence-electron chi connectivity index (χ4n) is 2.79. The molecular weight excluding hydrogens is 325 g/mol. The van der Waals surface area contributed by atoms with E-state index in [4.69, 9.17) is 9.47 Å². The van der Waals surface area contributed by atoms with Crippen LogP contribution in [0, 0.1) is 6.92 Å². The largest absolute Gasteiger partial charge is 0.485 e. The molecule has 1 aliphatic rings. The molecule has 0 saturated carbocycles. The minimum Gasteiger partial charge on any atom is -0.485 e. The van der Waals surface area contributed by atoms with Crippen LogP contribution in [-0.2, 0) is 17.5 Å². The first-order valence-corrected chi connectivity index (χ1v) is 7.61. The minimum absolute atomic E-state index is 0.0759. The highest BCUT2D eigenvalue weighted by Crippen LogP contribution is 2.38. The van der Waals surface area contributed by atoms with Crippen LogP contribution in [0.4, 0.5) is 13.2 Å². The third-order valence-electron chi connectivity index (χ3n) is 3.97. The van der Waals surface area contributed by atoms with Crippen molar-refractivity contribution >= 4 is 0 Å². The number of tetrazole rings is 1. The van der Waals surface area contributed by atoms with E-state index in [2.05, 4.69) is 15.5 Å². The van der Waals surface area contributed by atoms with Gasteiger partial charge >= 0.3 is 6.18 Å². The molecule has 1 fully saturated rings. The van der Waals surface area contributed by atoms with Gasteiger partial charge < -0.3 is 9.47 Å². The van der Waals surface area contributed by atoms with E-state index in [1.54, 1.807) is 4.68 Å². The fraction of sp³-hybridized carbons (Fsp3) is 0.533. The van der Waals surface area contributed by atoms with E-state index in [1.165, 1.54) is 25.1 Å². The maximum atomic E-state index is 13.2. The van der Waals surface area contributed by atoms with Gasteiger partial charge in [0.05, 0.1) is 6.04 Å². The number of aromatic nitrogens is 4. The highest BCUT2D eigenvalue weighted by molar-refractivity contribution is 5.41. The molecule has 0 amide bonds. The van der Waals surface area contributed by atoms with Crippen LogP contribution >= 0.6 is 0 Å². The summed E-state index contributed by atoms with van der Waals surface area (Å²) in [5, 5.41) is 11.4. The molecule has 1 aliphatic heterocycles. The van der Waals surface area contributed by atoms with E-state index in [-0.39, 0.29) is 24.0 Å². The quantitative estimate of drug-likeness (QED) is 0.855. The van der Waals surface area contributed by atoms with Crippen LogP contribution in [0.3, 0.4) is 0 Å². The zero-order chi connectivity index (χ0) is 17.2. The van der Waals surface area contributed by atoms with Gasteiger partial charge in [-0.25, -0.2) is 4.68 Å². The van der Waals surface area contributed by atoms with Gasteiger partial charge in [-0.05, 0) is 41.8 Å². The van der Waals surface area contributed by atoms with Crippen molar-refractivity contribution in [1.29, 1.82) is 0 Å². The SMILES string of the molecule is Cc1cccc(OCc2nnnn2C2CCOCC2)c1C(F)(F)F. The second kappa shape index (κ2) is 6.76. The van der Waals surface area contributed by atoms with Gasteiger partial charge in [-0.2, -0.15) is 13.2 Å². The lowest BCUT2D eigenvalue weighted by molar-refractivity contribution is -0.139. The van der Waals surface area contributed by atoms with E-state index in [1.807, 2.05) is 0 Å². The topological polar surface area (TPSA) is 62.1 Å². The molecule has 0 atom stereocenters. The molecule has 0 bridgehead atoms. The molecule has 0 radical (unpaired) electrons. The predicted octanol–water partition coefficient (Wildman–Crippen LogP) is 2.93. The highest BCUT2D eigenvalue weighted by atomic mass is 19.4. The average Bonchev–Trinajstić information content (AvgIpc) is 3.01. The van der Waals surface area contributed by atoms with Crippen LogP contribution in [0.15, 0.2) is 18.2 Å². The molecule has 1 saturated heterocycles. The van der Waals surface area contributed by atoms with Crippen molar-refractivity contribution in [1.82, 2.24) is 20.2 Å². The van der Waals surface area contributed by atoms with E-state index in [0.717, 1.165) is 12.8 Å². The van der Waals surface area contributed by atoms with Gasteiger partial charge in [0.2, 0.25) is 0 Å². The standard InChI is InChI=1S/C15H17F3N4O2/c1-10-3-2-4-12(14(10)15(16,17)18)24-9-13-19-20-21-22(13)11-5-7-23-8-6-11/h2-4,11H,5-9H2,1H3. The van der Waals surface area contributed by atoms with Gasteiger partial charge in [-0.15, -0.1) is 5.10 Å².